The highest BCUT2D eigenvalue weighted by molar-refractivity contribution is 7.92. The standard InChI is InChI=1S/C24H22N2O5S/c1-2-16-26(21-13-7-4-8-14-21)32(29,30)22-15-9-10-19(17-22)24(28)31-18-23(27)25-20-11-5-3-6-12-20/h2-15,17H,1,16,18H2,(H,25,27). The van der Waals surface area contributed by atoms with Gasteiger partial charge in [-0.1, -0.05) is 48.5 Å². The number of sulfonamides is 1. The number of benzene rings is 3. The van der Waals surface area contributed by atoms with Crippen LogP contribution in [0.15, 0.2) is 102 Å². The van der Waals surface area contributed by atoms with Crippen molar-refractivity contribution in [2.45, 2.75) is 4.90 Å². The summed E-state index contributed by atoms with van der Waals surface area (Å²) in [4.78, 5) is 24.3. The first kappa shape index (κ1) is 22.8. The van der Waals surface area contributed by atoms with E-state index in [0.29, 0.717) is 11.4 Å². The minimum Gasteiger partial charge on any atom is -0.452 e. The molecule has 0 heterocycles. The van der Waals surface area contributed by atoms with E-state index < -0.39 is 28.5 Å². The van der Waals surface area contributed by atoms with E-state index in [-0.39, 0.29) is 17.0 Å². The Labute approximate surface area is 187 Å². The van der Waals surface area contributed by atoms with Crippen molar-refractivity contribution in [1.82, 2.24) is 0 Å². The predicted molar refractivity (Wildman–Crippen MR) is 123 cm³/mol. The molecule has 3 aromatic rings. The molecule has 1 N–H and O–H groups in total. The molecule has 0 bridgehead atoms. The van der Waals surface area contributed by atoms with Crippen LogP contribution in [0.1, 0.15) is 10.4 Å². The van der Waals surface area contributed by atoms with E-state index in [9.17, 15) is 18.0 Å². The first-order chi connectivity index (χ1) is 15.4. The van der Waals surface area contributed by atoms with Gasteiger partial charge in [-0.15, -0.1) is 6.58 Å². The Bertz CT molecular complexity index is 1200. The molecule has 0 fully saturated rings. The number of carbonyl (C=O) groups is 2. The van der Waals surface area contributed by atoms with E-state index in [0.717, 1.165) is 0 Å². The van der Waals surface area contributed by atoms with E-state index in [1.807, 2.05) is 6.07 Å². The summed E-state index contributed by atoms with van der Waals surface area (Å²) in [6.07, 6.45) is 1.48. The summed E-state index contributed by atoms with van der Waals surface area (Å²) in [6, 6.07) is 22.8. The van der Waals surface area contributed by atoms with Crippen LogP contribution in [-0.4, -0.2) is 33.4 Å². The molecule has 0 saturated heterocycles. The maximum Gasteiger partial charge on any atom is 0.338 e. The minimum atomic E-state index is -3.97. The van der Waals surface area contributed by atoms with Crippen molar-refractivity contribution < 1.29 is 22.7 Å². The Hall–Kier alpha value is -3.91. The molecular weight excluding hydrogens is 428 g/mol. The minimum absolute atomic E-state index is 0.0187. The van der Waals surface area contributed by atoms with Gasteiger partial charge in [0.2, 0.25) is 0 Å². The number of hydrogen-bond acceptors (Lipinski definition) is 5. The van der Waals surface area contributed by atoms with Crippen molar-refractivity contribution in [2.75, 3.05) is 22.8 Å². The average molecular weight is 451 g/mol. The summed E-state index contributed by atoms with van der Waals surface area (Å²) in [5.41, 5.74) is 1.06. The SMILES string of the molecule is C=CCN(c1ccccc1)S(=O)(=O)c1cccc(C(=O)OCC(=O)Nc2ccccc2)c1. The van der Waals surface area contributed by atoms with Crippen LogP contribution in [-0.2, 0) is 19.6 Å². The Balaban J connectivity index is 1.74. The lowest BCUT2D eigenvalue weighted by molar-refractivity contribution is -0.119. The third-order valence-corrected chi connectivity index (χ3v) is 6.18. The fourth-order valence-corrected chi connectivity index (χ4v) is 4.38. The molecule has 0 radical (unpaired) electrons. The molecule has 3 rings (SSSR count). The Morgan fingerprint density at radius 1 is 0.938 bits per heavy atom. The molecule has 1 amide bonds. The smallest absolute Gasteiger partial charge is 0.338 e. The lowest BCUT2D eigenvalue weighted by Gasteiger charge is -2.23. The molecule has 0 aliphatic heterocycles. The number of nitrogens with zero attached hydrogens (tertiary/aromatic N) is 1. The normalized spacial score (nSPS) is 10.8. The first-order valence-electron chi connectivity index (χ1n) is 9.72. The van der Waals surface area contributed by atoms with Gasteiger partial charge in [-0.25, -0.2) is 13.2 Å². The van der Waals surface area contributed by atoms with Gasteiger partial charge in [-0.2, -0.15) is 0 Å². The number of amides is 1. The van der Waals surface area contributed by atoms with Crippen LogP contribution in [0, 0.1) is 0 Å². The molecule has 164 valence electrons. The summed E-state index contributed by atoms with van der Waals surface area (Å²) in [6.45, 7) is 3.19. The molecule has 32 heavy (non-hydrogen) atoms. The van der Waals surface area contributed by atoms with Gasteiger partial charge in [0.15, 0.2) is 6.61 Å². The van der Waals surface area contributed by atoms with E-state index in [2.05, 4.69) is 11.9 Å². The zero-order valence-corrected chi connectivity index (χ0v) is 18.0. The monoisotopic (exact) mass is 450 g/mol. The lowest BCUT2D eigenvalue weighted by Crippen LogP contribution is -2.31. The van der Waals surface area contributed by atoms with Crippen LogP contribution in [0.2, 0.25) is 0 Å². The van der Waals surface area contributed by atoms with Crippen LogP contribution in [0.4, 0.5) is 11.4 Å². The highest BCUT2D eigenvalue weighted by atomic mass is 32.2. The van der Waals surface area contributed by atoms with Crippen molar-refractivity contribution in [1.29, 1.82) is 0 Å². The van der Waals surface area contributed by atoms with Crippen LogP contribution in [0.5, 0.6) is 0 Å². The summed E-state index contributed by atoms with van der Waals surface area (Å²) >= 11 is 0. The highest BCUT2D eigenvalue weighted by Gasteiger charge is 2.25. The van der Waals surface area contributed by atoms with E-state index in [4.69, 9.17) is 4.74 Å². The van der Waals surface area contributed by atoms with E-state index in [1.54, 1.807) is 54.6 Å². The Morgan fingerprint density at radius 3 is 2.25 bits per heavy atom. The molecule has 7 nitrogen and oxygen atoms in total. The number of para-hydroxylation sites is 2. The molecule has 0 saturated carbocycles. The topological polar surface area (TPSA) is 92.8 Å². The second kappa shape index (κ2) is 10.4. The summed E-state index contributed by atoms with van der Waals surface area (Å²) in [5, 5.41) is 2.60. The fraction of sp³-hybridized carbons (Fsp3) is 0.0833. The molecular formula is C24H22N2O5S. The number of carbonyl (C=O) groups excluding carboxylic acids is 2. The van der Waals surface area contributed by atoms with Gasteiger partial charge in [-0.3, -0.25) is 9.10 Å². The molecule has 0 aliphatic rings. The summed E-state index contributed by atoms with van der Waals surface area (Å²) in [7, 11) is -3.97. The van der Waals surface area contributed by atoms with Crippen LogP contribution < -0.4 is 9.62 Å². The molecule has 3 aromatic carbocycles. The number of hydrogen-bond donors (Lipinski definition) is 1. The molecule has 0 spiro atoms. The quantitative estimate of drug-likeness (QED) is 0.395. The average Bonchev–Trinajstić information content (AvgIpc) is 2.82. The molecule has 0 aromatic heterocycles. The van der Waals surface area contributed by atoms with Gasteiger partial charge in [0.1, 0.15) is 0 Å². The number of esters is 1. The van der Waals surface area contributed by atoms with Gasteiger partial charge in [0.25, 0.3) is 15.9 Å². The van der Waals surface area contributed by atoms with Crippen molar-refractivity contribution in [3.05, 3.63) is 103 Å². The van der Waals surface area contributed by atoms with E-state index in [1.165, 1.54) is 34.6 Å². The summed E-state index contributed by atoms with van der Waals surface area (Å²) in [5.74, 6) is -1.31. The zero-order valence-electron chi connectivity index (χ0n) is 17.2. The van der Waals surface area contributed by atoms with Gasteiger partial charge < -0.3 is 10.1 Å². The lowest BCUT2D eigenvalue weighted by atomic mass is 10.2. The number of rotatable bonds is 9. The maximum atomic E-state index is 13.2. The van der Waals surface area contributed by atoms with Crippen LogP contribution in [0.25, 0.3) is 0 Å². The molecule has 0 unspecified atom stereocenters. The zero-order chi connectivity index (χ0) is 23.0. The third kappa shape index (κ3) is 5.61. The summed E-state index contributed by atoms with van der Waals surface area (Å²) < 4.78 is 32.7. The number of ether oxygens (including phenoxy) is 1. The van der Waals surface area contributed by atoms with Crippen LogP contribution >= 0.6 is 0 Å². The molecule has 0 aliphatic carbocycles. The van der Waals surface area contributed by atoms with Gasteiger partial charge in [0.05, 0.1) is 22.7 Å². The van der Waals surface area contributed by atoms with E-state index >= 15 is 0 Å². The Kier molecular flexibility index (Phi) is 7.41. The number of nitrogens with one attached hydrogen (secondary N) is 1. The van der Waals surface area contributed by atoms with Gasteiger partial charge in [-0.05, 0) is 42.5 Å². The maximum absolute atomic E-state index is 13.2. The highest BCUT2D eigenvalue weighted by Crippen LogP contribution is 2.24. The predicted octanol–water partition coefficient (Wildman–Crippen LogP) is 3.86. The number of anilines is 2. The Morgan fingerprint density at radius 2 is 1.59 bits per heavy atom. The van der Waals surface area contributed by atoms with Gasteiger partial charge in [0, 0.05) is 5.69 Å². The van der Waals surface area contributed by atoms with Crippen molar-refractivity contribution >= 4 is 33.3 Å². The van der Waals surface area contributed by atoms with Crippen molar-refractivity contribution in [3.8, 4) is 0 Å². The van der Waals surface area contributed by atoms with Crippen molar-refractivity contribution in [2.24, 2.45) is 0 Å². The van der Waals surface area contributed by atoms with Crippen LogP contribution in [0.3, 0.4) is 0 Å². The second-order valence-electron chi connectivity index (χ2n) is 6.68. The largest absolute Gasteiger partial charge is 0.452 e. The fourth-order valence-electron chi connectivity index (χ4n) is 2.90. The second-order valence-corrected chi connectivity index (χ2v) is 8.54. The van der Waals surface area contributed by atoms with Gasteiger partial charge >= 0.3 is 5.97 Å². The third-order valence-electron chi connectivity index (χ3n) is 4.39. The molecule has 8 heteroatoms. The first-order valence-corrected chi connectivity index (χ1v) is 11.2. The van der Waals surface area contributed by atoms with Crippen molar-refractivity contribution in [3.63, 3.8) is 0 Å². The molecule has 0 atom stereocenters.